The highest BCUT2D eigenvalue weighted by atomic mass is 16.2. The quantitative estimate of drug-likeness (QED) is 0.841. The molecular formula is C12H14N4O. The third kappa shape index (κ3) is 2.50. The molecule has 0 radical (unpaired) electrons. The molecular weight excluding hydrogens is 216 g/mol. The van der Waals surface area contributed by atoms with Gasteiger partial charge in [0.05, 0.1) is 6.04 Å². The molecule has 2 N–H and O–H groups in total. The second-order valence-corrected chi connectivity index (χ2v) is 3.89. The summed E-state index contributed by atoms with van der Waals surface area (Å²) in [6, 6.07) is 7.89. The number of benzene rings is 1. The first-order valence-corrected chi connectivity index (χ1v) is 5.40. The highest BCUT2D eigenvalue weighted by Gasteiger charge is 2.14. The Kier molecular flexibility index (Phi) is 3.18. The Morgan fingerprint density at radius 3 is 2.82 bits per heavy atom. The van der Waals surface area contributed by atoms with Crippen LogP contribution in [-0.4, -0.2) is 21.1 Å². The van der Waals surface area contributed by atoms with Gasteiger partial charge in [-0.2, -0.15) is 5.10 Å². The SMILES string of the molecule is Cc1ccccc1C(C)NC(=O)c1ncn[nH]1. The molecule has 1 amide bonds. The zero-order chi connectivity index (χ0) is 12.3. The average molecular weight is 230 g/mol. The summed E-state index contributed by atoms with van der Waals surface area (Å²) in [7, 11) is 0. The van der Waals surface area contributed by atoms with Gasteiger partial charge in [0.2, 0.25) is 5.82 Å². The van der Waals surface area contributed by atoms with Crippen molar-refractivity contribution in [2.75, 3.05) is 0 Å². The number of carbonyl (C=O) groups is 1. The largest absolute Gasteiger partial charge is 0.343 e. The van der Waals surface area contributed by atoms with Crippen molar-refractivity contribution in [1.29, 1.82) is 0 Å². The number of hydrogen-bond donors (Lipinski definition) is 2. The Morgan fingerprint density at radius 2 is 2.18 bits per heavy atom. The Hall–Kier alpha value is -2.17. The number of nitrogens with one attached hydrogen (secondary N) is 2. The lowest BCUT2D eigenvalue weighted by Gasteiger charge is -2.15. The van der Waals surface area contributed by atoms with Gasteiger partial charge in [0.15, 0.2) is 0 Å². The Labute approximate surface area is 99.3 Å². The second-order valence-electron chi connectivity index (χ2n) is 3.89. The molecule has 0 saturated carbocycles. The zero-order valence-corrected chi connectivity index (χ0v) is 9.77. The minimum Gasteiger partial charge on any atom is -0.343 e. The first-order chi connectivity index (χ1) is 8.18. The fourth-order valence-electron chi connectivity index (χ4n) is 1.73. The molecule has 1 aromatic carbocycles. The van der Waals surface area contributed by atoms with Crippen molar-refractivity contribution in [3.8, 4) is 0 Å². The lowest BCUT2D eigenvalue weighted by Crippen LogP contribution is -2.28. The highest BCUT2D eigenvalue weighted by Crippen LogP contribution is 2.16. The van der Waals surface area contributed by atoms with Gasteiger partial charge in [-0.05, 0) is 25.0 Å². The van der Waals surface area contributed by atoms with Crippen molar-refractivity contribution in [3.05, 3.63) is 47.5 Å². The highest BCUT2D eigenvalue weighted by molar-refractivity contribution is 5.90. The number of carbonyl (C=O) groups excluding carboxylic acids is 1. The summed E-state index contributed by atoms with van der Waals surface area (Å²) in [5.41, 5.74) is 2.25. The Balaban J connectivity index is 2.10. The van der Waals surface area contributed by atoms with E-state index in [0.717, 1.165) is 11.1 Å². The van der Waals surface area contributed by atoms with Crippen LogP contribution in [0.15, 0.2) is 30.6 Å². The van der Waals surface area contributed by atoms with E-state index in [1.165, 1.54) is 6.33 Å². The second kappa shape index (κ2) is 4.78. The molecule has 2 aromatic rings. The monoisotopic (exact) mass is 230 g/mol. The van der Waals surface area contributed by atoms with Crippen molar-refractivity contribution < 1.29 is 4.79 Å². The first kappa shape index (κ1) is 11.3. The molecule has 1 atom stereocenters. The molecule has 0 bridgehead atoms. The average Bonchev–Trinajstić information content (AvgIpc) is 2.82. The van der Waals surface area contributed by atoms with Crippen LogP contribution in [0.1, 0.15) is 34.7 Å². The van der Waals surface area contributed by atoms with Gasteiger partial charge >= 0.3 is 0 Å². The molecule has 5 nitrogen and oxygen atoms in total. The molecule has 1 aromatic heterocycles. The molecule has 0 spiro atoms. The van der Waals surface area contributed by atoms with Crippen LogP contribution in [0.3, 0.4) is 0 Å². The number of aromatic nitrogens is 3. The van der Waals surface area contributed by atoms with E-state index < -0.39 is 0 Å². The van der Waals surface area contributed by atoms with Crippen LogP contribution in [0.4, 0.5) is 0 Å². The van der Waals surface area contributed by atoms with Crippen molar-refractivity contribution in [1.82, 2.24) is 20.5 Å². The normalized spacial score (nSPS) is 12.1. The number of aryl methyl sites for hydroxylation is 1. The smallest absolute Gasteiger partial charge is 0.289 e. The molecule has 0 aliphatic heterocycles. The fraction of sp³-hybridized carbons (Fsp3) is 0.250. The molecule has 17 heavy (non-hydrogen) atoms. The van der Waals surface area contributed by atoms with Crippen LogP contribution in [-0.2, 0) is 0 Å². The number of H-pyrrole nitrogens is 1. The van der Waals surface area contributed by atoms with Crippen molar-refractivity contribution in [3.63, 3.8) is 0 Å². The minimum absolute atomic E-state index is 0.0613. The van der Waals surface area contributed by atoms with Crippen LogP contribution < -0.4 is 5.32 Å². The summed E-state index contributed by atoms with van der Waals surface area (Å²) >= 11 is 0. The van der Waals surface area contributed by atoms with E-state index >= 15 is 0 Å². The van der Waals surface area contributed by atoms with E-state index in [2.05, 4.69) is 20.5 Å². The van der Waals surface area contributed by atoms with Crippen molar-refractivity contribution in [2.24, 2.45) is 0 Å². The third-order valence-electron chi connectivity index (χ3n) is 2.63. The molecule has 5 heteroatoms. The number of hydrogen-bond acceptors (Lipinski definition) is 3. The summed E-state index contributed by atoms with van der Waals surface area (Å²) in [6.45, 7) is 3.96. The summed E-state index contributed by atoms with van der Waals surface area (Å²) in [6.07, 6.45) is 1.31. The van der Waals surface area contributed by atoms with Gasteiger partial charge in [0.25, 0.3) is 5.91 Å². The van der Waals surface area contributed by atoms with Crippen molar-refractivity contribution in [2.45, 2.75) is 19.9 Å². The van der Waals surface area contributed by atoms with Gasteiger partial charge in [-0.1, -0.05) is 24.3 Å². The number of nitrogens with zero attached hydrogens (tertiary/aromatic N) is 2. The molecule has 1 unspecified atom stereocenters. The topological polar surface area (TPSA) is 70.7 Å². The van der Waals surface area contributed by atoms with Crippen LogP contribution in [0.5, 0.6) is 0 Å². The Bertz CT molecular complexity index is 507. The third-order valence-corrected chi connectivity index (χ3v) is 2.63. The van der Waals surface area contributed by atoms with Crippen LogP contribution in [0, 0.1) is 6.92 Å². The molecule has 0 aliphatic rings. The maximum atomic E-state index is 11.8. The van der Waals surface area contributed by atoms with Gasteiger partial charge in [-0.25, -0.2) is 4.98 Å². The van der Waals surface area contributed by atoms with E-state index in [1.54, 1.807) is 0 Å². The Morgan fingerprint density at radius 1 is 1.41 bits per heavy atom. The van der Waals surface area contributed by atoms with Gasteiger partial charge < -0.3 is 5.32 Å². The number of aromatic amines is 1. The van der Waals surface area contributed by atoms with Crippen LogP contribution in [0.2, 0.25) is 0 Å². The lowest BCUT2D eigenvalue weighted by atomic mass is 10.0. The predicted molar refractivity (Wildman–Crippen MR) is 63.4 cm³/mol. The van der Waals surface area contributed by atoms with Gasteiger partial charge in [0, 0.05) is 0 Å². The molecule has 88 valence electrons. The maximum absolute atomic E-state index is 11.8. The number of amides is 1. The summed E-state index contributed by atoms with van der Waals surface area (Å²) in [5, 5.41) is 9.05. The molecule has 2 rings (SSSR count). The van der Waals surface area contributed by atoms with E-state index in [9.17, 15) is 4.79 Å². The van der Waals surface area contributed by atoms with E-state index in [1.807, 2.05) is 38.1 Å². The minimum atomic E-state index is -0.252. The van der Waals surface area contributed by atoms with E-state index in [4.69, 9.17) is 0 Å². The summed E-state index contributed by atoms with van der Waals surface area (Å²) in [5.74, 6) is -0.0244. The van der Waals surface area contributed by atoms with Gasteiger partial charge in [0.1, 0.15) is 6.33 Å². The summed E-state index contributed by atoms with van der Waals surface area (Å²) in [4.78, 5) is 15.6. The van der Waals surface area contributed by atoms with Crippen LogP contribution >= 0.6 is 0 Å². The standard InChI is InChI=1S/C12H14N4O/c1-8-5-3-4-6-10(8)9(2)15-12(17)11-13-7-14-16-11/h3-7,9H,1-2H3,(H,15,17)(H,13,14,16). The lowest BCUT2D eigenvalue weighted by molar-refractivity contribution is 0.0929. The van der Waals surface area contributed by atoms with E-state index in [-0.39, 0.29) is 17.8 Å². The predicted octanol–water partition coefficient (Wildman–Crippen LogP) is 1.60. The molecule has 1 heterocycles. The van der Waals surface area contributed by atoms with Crippen LogP contribution in [0.25, 0.3) is 0 Å². The zero-order valence-electron chi connectivity index (χ0n) is 9.77. The van der Waals surface area contributed by atoms with Gasteiger partial charge in [-0.3, -0.25) is 9.89 Å². The van der Waals surface area contributed by atoms with Crippen molar-refractivity contribution >= 4 is 5.91 Å². The van der Waals surface area contributed by atoms with E-state index in [0.29, 0.717) is 0 Å². The number of rotatable bonds is 3. The molecule has 0 aliphatic carbocycles. The van der Waals surface area contributed by atoms with Gasteiger partial charge in [-0.15, -0.1) is 0 Å². The first-order valence-electron chi connectivity index (χ1n) is 5.40. The molecule has 0 saturated heterocycles. The molecule has 0 fully saturated rings. The maximum Gasteiger partial charge on any atom is 0.289 e. The fourth-order valence-corrected chi connectivity index (χ4v) is 1.73. The summed E-state index contributed by atoms with van der Waals surface area (Å²) < 4.78 is 0.